The predicted molar refractivity (Wildman–Crippen MR) is 112 cm³/mol. The zero-order chi connectivity index (χ0) is 18.7. The summed E-state index contributed by atoms with van der Waals surface area (Å²) in [6.07, 6.45) is 18.3. The zero-order valence-electron chi connectivity index (χ0n) is 17.4. The summed E-state index contributed by atoms with van der Waals surface area (Å²) in [6.45, 7) is 6.11. The van der Waals surface area contributed by atoms with E-state index in [1.54, 1.807) is 0 Å². The van der Waals surface area contributed by atoms with Crippen molar-refractivity contribution in [3.8, 4) is 11.5 Å². The third kappa shape index (κ3) is 13.1. The predicted octanol–water partition coefficient (Wildman–Crippen LogP) is 7.75. The van der Waals surface area contributed by atoms with Gasteiger partial charge in [0.25, 0.3) is 0 Å². The summed E-state index contributed by atoms with van der Waals surface area (Å²) >= 11 is 0. The van der Waals surface area contributed by atoms with Crippen LogP contribution in [0.4, 0.5) is 0 Å². The Balaban J connectivity index is 2.03. The van der Waals surface area contributed by atoms with Crippen LogP contribution in [-0.2, 0) is 0 Å². The summed E-state index contributed by atoms with van der Waals surface area (Å²) in [5.41, 5.74) is 0. The van der Waals surface area contributed by atoms with Gasteiger partial charge in [0.15, 0.2) is 0 Å². The number of benzene rings is 1. The highest BCUT2D eigenvalue weighted by atomic mass is 16.5. The van der Waals surface area contributed by atoms with Crippen molar-refractivity contribution in [2.24, 2.45) is 0 Å². The van der Waals surface area contributed by atoms with Crippen LogP contribution in [0.3, 0.4) is 0 Å². The van der Waals surface area contributed by atoms with E-state index in [0.717, 1.165) is 37.6 Å². The zero-order valence-corrected chi connectivity index (χ0v) is 17.4. The summed E-state index contributed by atoms with van der Waals surface area (Å²) in [6, 6.07) is 8.94. The second kappa shape index (κ2) is 17.2. The van der Waals surface area contributed by atoms with Crippen molar-refractivity contribution in [2.75, 3.05) is 13.2 Å². The normalized spacial score (nSPS) is 10.8. The van der Waals surface area contributed by atoms with Gasteiger partial charge in [0.1, 0.15) is 11.5 Å². The van der Waals surface area contributed by atoms with Crippen molar-refractivity contribution >= 4 is 0 Å². The molecule has 0 fully saturated rings. The first-order valence-electron chi connectivity index (χ1n) is 11.1. The lowest BCUT2D eigenvalue weighted by Gasteiger charge is -2.09. The Morgan fingerprint density at radius 1 is 0.577 bits per heavy atom. The summed E-state index contributed by atoms with van der Waals surface area (Å²) < 4.78 is 11.7. The second-order valence-electron chi connectivity index (χ2n) is 7.34. The smallest absolute Gasteiger partial charge is 0.123 e. The van der Waals surface area contributed by atoms with Crippen LogP contribution in [0.15, 0.2) is 18.2 Å². The van der Waals surface area contributed by atoms with Crippen LogP contribution in [0.1, 0.15) is 104 Å². The first-order valence-corrected chi connectivity index (χ1v) is 11.1. The Bertz CT molecular complexity index is 381. The molecule has 0 spiro atoms. The Hall–Kier alpha value is -1.18. The molecule has 0 aromatic heterocycles. The van der Waals surface area contributed by atoms with Crippen LogP contribution in [0.25, 0.3) is 0 Å². The third-order valence-corrected chi connectivity index (χ3v) is 4.77. The molecule has 0 bridgehead atoms. The van der Waals surface area contributed by atoms with Gasteiger partial charge in [-0.05, 0) is 31.0 Å². The summed E-state index contributed by atoms with van der Waals surface area (Å²) in [7, 11) is 0. The molecule has 0 heterocycles. The van der Waals surface area contributed by atoms with Crippen LogP contribution in [0.5, 0.6) is 11.5 Å². The van der Waals surface area contributed by atoms with Gasteiger partial charge in [0.05, 0.1) is 13.2 Å². The van der Waals surface area contributed by atoms with Gasteiger partial charge >= 0.3 is 0 Å². The maximum absolute atomic E-state index is 5.85. The molecule has 0 aliphatic carbocycles. The molecule has 1 aromatic carbocycles. The fraction of sp³-hybridized carbons (Fsp3) is 0.750. The van der Waals surface area contributed by atoms with Crippen LogP contribution in [0, 0.1) is 6.07 Å². The maximum Gasteiger partial charge on any atom is 0.123 e. The van der Waals surface area contributed by atoms with Gasteiger partial charge in [-0.3, -0.25) is 0 Å². The minimum absolute atomic E-state index is 0.794. The van der Waals surface area contributed by atoms with E-state index in [2.05, 4.69) is 19.9 Å². The number of ether oxygens (including phenoxy) is 2. The highest BCUT2D eigenvalue weighted by Crippen LogP contribution is 2.20. The third-order valence-electron chi connectivity index (χ3n) is 4.77. The molecule has 0 aliphatic heterocycles. The molecule has 2 nitrogen and oxygen atoms in total. The molecule has 1 aromatic rings. The topological polar surface area (TPSA) is 18.5 Å². The standard InChI is InChI=1S/C24H41O2/c1-3-5-7-9-11-13-15-20-25-23-18-17-19-24(22-23)26-21-16-14-12-10-8-6-4-2/h18-19,22H,3-16,20-21H2,1-2H3. The quantitative estimate of drug-likeness (QED) is 0.249. The molecule has 1 rings (SSSR count). The Morgan fingerprint density at radius 2 is 0.962 bits per heavy atom. The van der Waals surface area contributed by atoms with Gasteiger partial charge in [-0.2, -0.15) is 0 Å². The molecule has 0 amide bonds. The number of hydrogen-bond donors (Lipinski definition) is 0. The van der Waals surface area contributed by atoms with E-state index in [9.17, 15) is 0 Å². The van der Waals surface area contributed by atoms with Crippen molar-refractivity contribution < 1.29 is 9.47 Å². The van der Waals surface area contributed by atoms with Gasteiger partial charge in [0, 0.05) is 6.07 Å². The van der Waals surface area contributed by atoms with Crippen molar-refractivity contribution in [2.45, 2.75) is 104 Å². The minimum atomic E-state index is 0.794. The molecule has 0 saturated heterocycles. The van der Waals surface area contributed by atoms with Crippen molar-refractivity contribution in [1.29, 1.82) is 0 Å². The molecule has 0 atom stereocenters. The summed E-state index contributed by atoms with van der Waals surface area (Å²) in [5.74, 6) is 1.76. The van der Waals surface area contributed by atoms with Crippen LogP contribution in [0.2, 0.25) is 0 Å². The number of hydrogen-bond acceptors (Lipinski definition) is 2. The molecule has 149 valence electrons. The van der Waals surface area contributed by atoms with Gasteiger partial charge in [-0.15, -0.1) is 0 Å². The molecular weight excluding hydrogens is 320 g/mol. The Labute approximate surface area is 162 Å². The average Bonchev–Trinajstić information content (AvgIpc) is 2.66. The highest BCUT2D eigenvalue weighted by molar-refractivity contribution is 5.32. The van der Waals surface area contributed by atoms with E-state index < -0.39 is 0 Å². The van der Waals surface area contributed by atoms with E-state index in [1.807, 2.05) is 18.2 Å². The lowest BCUT2D eigenvalue weighted by atomic mass is 10.1. The Kier molecular flexibility index (Phi) is 15.2. The van der Waals surface area contributed by atoms with Gasteiger partial charge in [0.2, 0.25) is 0 Å². The molecule has 0 N–H and O–H groups in total. The van der Waals surface area contributed by atoms with Gasteiger partial charge < -0.3 is 9.47 Å². The van der Waals surface area contributed by atoms with Crippen LogP contribution >= 0.6 is 0 Å². The van der Waals surface area contributed by atoms with E-state index in [-0.39, 0.29) is 0 Å². The van der Waals surface area contributed by atoms with Crippen molar-refractivity contribution in [1.82, 2.24) is 0 Å². The molecule has 1 radical (unpaired) electrons. The summed E-state index contributed by atoms with van der Waals surface area (Å²) in [5, 5.41) is 0. The first-order chi connectivity index (χ1) is 12.9. The molecule has 0 unspecified atom stereocenters. The lowest BCUT2D eigenvalue weighted by Crippen LogP contribution is -2.00. The SMILES string of the molecule is CCCCCCCCCOc1c[c]cc(OCCCCCCCCC)c1. The monoisotopic (exact) mass is 361 g/mol. The largest absolute Gasteiger partial charge is 0.493 e. The highest BCUT2D eigenvalue weighted by Gasteiger charge is 1.99. The summed E-state index contributed by atoms with van der Waals surface area (Å²) in [4.78, 5) is 0. The van der Waals surface area contributed by atoms with Gasteiger partial charge in [-0.1, -0.05) is 90.9 Å². The second-order valence-corrected chi connectivity index (χ2v) is 7.34. The number of unbranched alkanes of at least 4 members (excludes halogenated alkanes) is 12. The average molecular weight is 362 g/mol. The molecule has 0 aliphatic rings. The van der Waals surface area contributed by atoms with E-state index in [0.29, 0.717) is 0 Å². The van der Waals surface area contributed by atoms with Gasteiger partial charge in [-0.25, -0.2) is 0 Å². The van der Waals surface area contributed by atoms with Crippen LogP contribution < -0.4 is 9.47 Å². The van der Waals surface area contributed by atoms with E-state index >= 15 is 0 Å². The maximum atomic E-state index is 5.85. The molecular formula is C24H41O2. The lowest BCUT2D eigenvalue weighted by molar-refractivity contribution is 0.289. The minimum Gasteiger partial charge on any atom is -0.493 e. The fourth-order valence-electron chi connectivity index (χ4n) is 3.09. The van der Waals surface area contributed by atoms with E-state index in [4.69, 9.17) is 9.47 Å². The van der Waals surface area contributed by atoms with Crippen molar-refractivity contribution in [3.05, 3.63) is 24.3 Å². The number of rotatable bonds is 18. The van der Waals surface area contributed by atoms with E-state index in [1.165, 1.54) is 77.0 Å². The first kappa shape index (κ1) is 22.9. The molecule has 2 heteroatoms. The molecule has 0 saturated carbocycles. The van der Waals surface area contributed by atoms with Crippen LogP contribution in [-0.4, -0.2) is 13.2 Å². The van der Waals surface area contributed by atoms with Crippen molar-refractivity contribution in [3.63, 3.8) is 0 Å². The molecule has 26 heavy (non-hydrogen) atoms. The Morgan fingerprint density at radius 3 is 1.38 bits per heavy atom. The fourth-order valence-corrected chi connectivity index (χ4v) is 3.09.